The van der Waals surface area contributed by atoms with Crippen molar-refractivity contribution < 1.29 is 9.53 Å². The van der Waals surface area contributed by atoms with Crippen LogP contribution in [0.5, 0.6) is 5.75 Å². The molecule has 0 unspecified atom stereocenters. The number of amides is 1. The number of nitrogens with zero attached hydrogens (tertiary/aromatic N) is 3. The van der Waals surface area contributed by atoms with Crippen LogP contribution < -0.4 is 4.74 Å². The molecule has 0 fully saturated rings. The van der Waals surface area contributed by atoms with Crippen molar-refractivity contribution in [1.29, 1.82) is 0 Å². The van der Waals surface area contributed by atoms with Gasteiger partial charge in [-0.3, -0.25) is 9.36 Å². The zero-order valence-corrected chi connectivity index (χ0v) is 13.7. The quantitative estimate of drug-likeness (QED) is 0.725. The molecule has 122 valence electrons. The average Bonchev–Trinajstić information content (AvgIpc) is 3.12. The molecule has 0 aliphatic rings. The summed E-state index contributed by atoms with van der Waals surface area (Å²) in [6.07, 6.45) is 3.24. The lowest BCUT2D eigenvalue weighted by Crippen LogP contribution is -2.28. The predicted octanol–water partition coefficient (Wildman–Crippen LogP) is 3.15. The van der Waals surface area contributed by atoms with Crippen LogP contribution in [0.3, 0.4) is 0 Å². The average molecular weight is 321 g/mol. The van der Waals surface area contributed by atoms with Crippen LogP contribution in [0, 0.1) is 0 Å². The normalized spacial score (nSPS) is 10.4. The molecule has 0 saturated heterocycles. The summed E-state index contributed by atoms with van der Waals surface area (Å²) in [5.41, 5.74) is 2.39. The van der Waals surface area contributed by atoms with Gasteiger partial charge in [-0.05, 0) is 18.2 Å². The van der Waals surface area contributed by atoms with E-state index in [-0.39, 0.29) is 5.91 Å². The van der Waals surface area contributed by atoms with Crippen molar-refractivity contribution in [3.63, 3.8) is 0 Å². The molecule has 0 radical (unpaired) electrons. The highest BCUT2D eigenvalue weighted by Crippen LogP contribution is 2.20. The van der Waals surface area contributed by atoms with Crippen LogP contribution in [0.2, 0.25) is 0 Å². The third-order valence-electron chi connectivity index (χ3n) is 3.84. The Balaban J connectivity index is 1.84. The largest absolute Gasteiger partial charge is 0.496 e. The second-order valence-electron chi connectivity index (χ2n) is 5.46. The van der Waals surface area contributed by atoms with Gasteiger partial charge in [-0.25, -0.2) is 4.98 Å². The SMILES string of the molecule is COc1ccccc1CN(C)C(=O)c1cncn1-c1ccccc1. The van der Waals surface area contributed by atoms with E-state index < -0.39 is 0 Å². The Kier molecular flexibility index (Phi) is 4.61. The van der Waals surface area contributed by atoms with E-state index in [0.29, 0.717) is 12.2 Å². The number of para-hydroxylation sites is 2. The Morgan fingerprint density at radius 3 is 2.58 bits per heavy atom. The summed E-state index contributed by atoms with van der Waals surface area (Å²) in [5.74, 6) is 0.677. The number of methoxy groups -OCH3 is 1. The maximum atomic E-state index is 12.8. The number of imidazole rings is 1. The number of hydrogen-bond acceptors (Lipinski definition) is 3. The predicted molar refractivity (Wildman–Crippen MR) is 92.4 cm³/mol. The van der Waals surface area contributed by atoms with Crippen LogP contribution in [0.4, 0.5) is 0 Å². The van der Waals surface area contributed by atoms with Gasteiger partial charge < -0.3 is 9.64 Å². The molecule has 2 aromatic carbocycles. The minimum absolute atomic E-state index is 0.0951. The zero-order chi connectivity index (χ0) is 16.9. The van der Waals surface area contributed by atoms with Crippen molar-refractivity contribution in [2.45, 2.75) is 6.54 Å². The molecular weight excluding hydrogens is 302 g/mol. The molecule has 5 heteroatoms. The Hall–Kier alpha value is -3.08. The number of carbonyl (C=O) groups excluding carboxylic acids is 1. The Morgan fingerprint density at radius 2 is 1.83 bits per heavy atom. The highest BCUT2D eigenvalue weighted by Gasteiger charge is 2.18. The molecule has 0 spiro atoms. The zero-order valence-electron chi connectivity index (χ0n) is 13.7. The Bertz CT molecular complexity index is 827. The van der Waals surface area contributed by atoms with Gasteiger partial charge in [0.25, 0.3) is 5.91 Å². The molecule has 24 heavy (non-hydrogen) atoms. The van der Waals surface area contributed by atoms with Crippen molar-refractivity contribution in [3.05, 3.63) is 78.4 Å². The van der Waals surface area contributed by atoms with Crippen LogP contribution in [0.15, 0.2) is 67.1 Å². The second-order valence-corrected chi connectivity index (χ2v) is 5.46. The van der Waals surface area contributed by atoms with Gasteiger partial charge in [0.05, 0.1) is 19.6 Å². The summed E-state index contributed by atoms with van der Waals surface area (Å²) in [6.45, 7) is 0.461. The van der Waals surface area contributed by atoms with E-state index in [1.54, 1.807) is 36.1 Å². The lowest BCUT2D eigenvalue weighted by molar-refractivity contribution is 0.0776. The van der Waals surface area contributed by atoms with Crippen molar-refractivity contribution in [2.75, 3.05) is 14.2 Å². The summed E-state index contributed by atoms with van der Waals surface area (Å²) >= 11 is 0. The number of rotatable bonds is 5. The van der Waals surface area contributed by atoms with Crippen molar-refractivity contribution >= 4 is 5.91 Å². The summed E-state index contributed by atoms with van der Waals surface area (Å²) in [6, 6.07) is 17.4. The molecular formula is C19H19N3O2. The van der Waals surface area contributed by atoms with Crippen LogP contribution in [-0.2, 0) is 6.54 Å². The number of benzene rings is 2. The van der Waals surface area contributed by atoms with Crippen molar-refractivity contribution in [2.24, 2.45) is 0 Å². The van der Waals surface area contributed by atoms with Gasteiger partial charge in [-0.1, -0.05) is 36.4 Å². The standard InChI is InChI=1S/C19H19N3O2/c1-21(13-15-8-6-7-11-18(15)24-2)19(23)17-12-20-14-22(17)16-9-4-3-5-10-16/h3-12,14H,13H2,1-2H3. The van der Waals surface area contributed by atoms with Gasteiger partial charge in [0.2, 0.25) is 0 Å². The van der Waals surface area contributed by atoms with Crippen molar-refractivity contribution in [1.82, 2.24) is 14.5 Å². The van der Waals surface area contributed by atoms with Gasteiger partial charge in [-0.2, -0.15) is 0 Å². The maximum Gasteiger partial charge on any atom is 0.272 e. The molecule has 0 bridgehead atoms. The molecule has 0 aliphatic heterocycles. The number of hydrogen-bond donors (Lipinski definition) is 0. The molecule has 0 atom stereocenters. The van der Waals surface area contributed by atoms with Crippen LogP contribution >= 0.6 is 0 Å². The van der Waals surface area contributed by atoms with E-state index in [2.05, 4.69) is 4.98 Å². The lowest BCUT2D eigenvalue weighted by atomic mass is 10.2. The molecule has 1 aromatic heterocycles. The third kappa shape index (κ3) is 3.15. The summed E-state index contributed by atoms with van der Waals surface area (Å²) < 4.78 is 7.15. The van der Waals surface area contributed by atoms with Crippen LogP contribution in [-0.4, -0.2) is 34.5 Å². The second kappa shape index (κ2) is 7.00. The van der Waals surface area contributed by atoms with E-state index in [0.717, 1.165) is 17.0 Å². The third-order valence-corrected chi connectivity index (χ3v) is 3.84. The first-order valence-electron chi connectivity index (χ1n) is 7.66. The van der Waals surface area contributed by atoms with E-state index in [9.17, 15) is 4.79 Å². The maximum absolute atomic E-state index is 12.8. The molecule has 5 nitrogen and oxygen atoms in total. The van der Waals surface area contributed by atoms with E-state index in [1.807, 2.05) is 54.6 Å². The Labute approximate surface area is 141 Å². The van der Waals surface area contributed by atoms with Gasteiger partial charge in [0.15, 0.2) is 0 Å². The topological polar surface area (TPSA) is 47.4 Å². The number of aromatic nitrogens is 2. The smallest absolute Gasteiger partial charge is 0.272 e. The summed E-state index contributed by atoms with van der Waals surface area (Å²) in [4.78, 5) is 18.6. The van der Waals surface area contributed by atoms with Gasteiger partial charge >= 0.3 is 0 Å². The fourth-order valence-electron chi connectivity index (χ4n) is 2.60. The molecule has 1 amide bonds. The molecule has 0 saturated carbocycles. The minimum atomic E-state index is -0.0951. The van der Waals surface area contributed by atoms with Gasteiger partial charge in [0.1, 0.15) is 11.4 Å². The first-order valence-corrected chi connectivity index (χ1v) is 7.66. The first-order chi connectivity index (χ1) is 11.7. The number of carbonyl (C=O) groups is 1. The lowest BCUT2D eigenvalue weighted by Gasteiger charge is -2.19. The minimum Gasteiger partial charge on any atom is -0.496 e. The van der Waals surface area contributed by atoms with E-state index >= 15 is 0 Å². The molecule has 0 N–H and O–H groups in total. The van der Waals surface area contributed by atoms with E-state index in [1.165, 1.54) is 0 Å². The Morgan fingerprint density at radius 1 is 1.12 bits per heavy atom. The molecule has 3 aromatic rings. The molecule has 3 rings (SSSR count). The van der Waals surface area contributed by atoms with Gasteiger partial charge in [0, 0.05) is 24.8 Å². The molecule has 1 heterocycles. The molecule has 0 aliphatic carbocycles. The van der Waals surface area contributed by atoms with Gasteiger partial charge in [-0.15, -0.1) is 0 Å². The first kappa shape index (κ1) is 15.8. The highest BCUT2D eigenvalue weighted by molar-refractivity contribution is 5.92. The summed E-state index contributed by atoms with van der Waals surface area (Å²) in [7, 11) is 3.40. The monoisotopic (exact) mass is 321 g/mol. The number of ether oxygens (including phenoxy) is 1. The van der Waals surface area contributed by atoms with Crippen LogP contribution in [0.25, 0.3) is 5.69 Å². The fraction of sp³-hybridized carbons (Fsp3) is 0.158. The van der Waals surface area contributed by atoms with Crippen LogP contribution in [0.1, 0.15) is 16.1 Å². The fourth-order valence-corrected chi connectivity index (χ4v) is 2.60. The van der Waals surface area contributed by atoms with Crippen molar-refractivity contribution in [3.8, 4) is 11.4 Å². The highest BCUT2D eigenvalue weighted by atomic mass is 16.5. The van der Waals surface area contributed by atoms with E-state index in [4.69, 9.17) is 4.74 Å². The summed E-state index contributed by atoms with van der Waals surface area (Å²) in [5, 5.41) is 0.